The fourth-order valence-electron chi connectivity index (χ4n) is 2.36. The molecule has 0 fully saturated rings. The average molecular weight is 601 g/mol. The topological polar surface area (TPSA) is 17.1 Å². The number of hydrogen-bond acceptors (Lipinski definition) is 1. The standard InChI is InChI=1S/C18H15OP.Al.7ClH.Ti/c19-20(16-10-4-1-5-11-16,17-12-6-2-7-13-17)18-14-8-3-9-15-18;;;;;;;;;/h1-15H;;7*1H;/q;+3;;;;;;;;+4/p-7. The zero-order valence-electron chi connectivity index (χ0n) is 14.7. The van der Waals surface area contributed by atoms with Crippen LogP contribution in [0.1, 0.15) is 0 Å². The van der Waals surface area contributed by atoms with Gasteiger partial charge in [-0.15, -0.1) is 0 Å². The van der Waals surface area contributed by atoms with Crippen molar-refractivity contribution in [2.45, 2.75) is 0 Å². The number of benzene rings is 3. The average Bonchev–Trinajstić information content (AvgIpc) is 2.68. The number of halogens is 7. The van der Waals surface area contributed by atoms with Gasteiger partial charge < -0.3 is 4.57 Å². The molecule has 154 valence electrons. The first-order valence-corrected chi connectivity index (χ1v) is 23.5. The van der Waals surface area contributed by atoms with Gasteiger partial charge in [0.2, 0.25) is 0 Å². The van der Waals surface area contributed by atoms with Crippen LogP contribution < -0.4 is 15.9 Å². The van der Waals surface area contributed by atoms with E-state index in [4.69, 9.17) is 67.4 Å². The third-order valence-electron chi connectivity index (χ3n) is 3.36. The van der Waals surface area contributed by atoms with E-state index in [1.165, 1.54) is 0 Å². The zero-order valence-corrected chi connectivity index (χ0v) is 23.6. The molecule has 11 heteroatoms. The molecule has 0 spiro atoms. The molecular weight excluding hydrogens is 586 g/mol. The molecule has 0 amide bonds. The van der Waals surface area contributed by atoms with Gasteiger partial charge >= 0.3 is 60.9 Å². The van der Waals surface area contributed by atoms with Gasteiger partial charge in [-0.1, -0.05) is 91.0 Å². The number of hydrogen-bond donors (Lipinski definition) is 0. The van der Waals surface area contributed by atoms with Gasteiger partial charge in [-0.05, 0) is 0 Å². The van der Waals surface area contributed by atoms with Crippen molar-refractivity contribution in [1.82, 2.24) is 0 Å². The van der Waals surface area contributed by atoms with E-state index in [0.29, 0.717) is 0 Å². The fraction of sp³-hybridized carbons (Fsp3) is 0. The predicted molar refractivity (Wildman–Crippen MR) is 133 cm³/mol. The molecule has 0 radical (unpaired) electrons. The molecule has 0 N–H and O–H groups in total. The van der Waals surface area contributed by atoms with Gasteiger partial charge in [-0.25, -0.2) is 30.1 Å². The van der Waals surface area contributed by atoms with Crippen LogP contribution in [0.4, 0.5) is 0 Å². The van der Waals surface area contributed by atoms with Crippen molar-refractivity contribution in [3.05, 3.63) is 91.0 Å². The predicted octanol–water partition coefficient (Wildman–Crippen LogP) is 7.77. The van der Waals surface area contributed by atoms with Crippen molar-refractivity contribution >= 4 is 102 Å². The molecule has 0 unspecified atom stereocenters. The first-order valence-electron chi connectivity index (χ1n) is 8.00. The van der Waals surface area contributed by atoms with Gasteiger partial charge in [0, 0.05) is 15.9 Å². The second-order valence-corrected chi connectivity index (χ2v) is 30.0. The van der Waals surface area contributed by atoms with Gasteiger partial charge in [0.05, 0.1) is 0 Å². The van der Waals surface area contributed by atoms with E-state index in [-0.39, 0.29) is 0 Å². The molecule has 29 heavy (non-hydrogen) atoms. The molecule has 0 aliphatic rings. The Hall–Kier alpha value is 1.17. The Kier molecular flexibility index (Phi) is 13.9. The molecule has 0 atom stereocenters. The molecule has 0 aromatic heterocycles. The molecule has 0 bridgehead atoms. The molecule has 1 nitrogen and oxygen atoms in total. The van der Waals surface area contributed by atoms with E-state index in [0.717, 1.165) is 15.9 Å². The van der Waals surface area contributed by atoms with Crippen LogP contribution in [0.15, 0.2) is 91.0 Å². The molecule has 0 heterocycles. The van der Waals surface area contributed by atoms with Crippen molar-refractivity contribution < 1.29 is 16.9 Å². The van der Waals surface area contributed by atoms with Crippen molar-refractivity contribution in [3.8, 4) is 0 Å². The first-order chi connectivity index (χ1) is 13.5. The molecule has 0 aliphatic heterocycles. The van der Waals surface area contributed by atoms with Gasteiger partial charge in [0.25, 0.3) is 0 Å². The van der Waals surface area contributed by atoms with Crippen LogP contribution in [0, 0.1) is 0 Å². The van der Waals surface area contributed by atoms with Crippen molar-refractivity contribution in [2.75, 3.05) is 0 Å². The Morgan fingerprint density at radius 3 is 0.897 bits per heavy atom. The summed E-state index contributed by atoms with van der Waals surface area (Å²) in [6, 6.07) is 29.1. The molecule has 0 aliphatic carbocycles. The monoisotopic (exact) mass is 598 g/mol. The van der Waals surface area contributed by atoms with Gasteiger partial charge in [-0.2, -0.15) is 0 Å². The summed E-state index contributed by atoms with van der Waals surface area (Å²) >= 11 is -4.83. The maximum absolute atomic E-state index is 13.8. The molecule has 3 aromatic rings. The summed E-state index contributed by atoms with van der Waals surface area (Å²) in [6.07, 6.45) is 0. The Bertz CT molecular complexity index is 769. The minimum atomic E-state index is -3.11. The summed E-state index contributed by atoms with van der Waals surface area (Å²) in [5, 5.41) is 2.62. The van der Waals surface area contributed by atoms with Crippen LogP contribution in [0.25, 0.3) is 0 Å². The normalized spacial score (nSPS) is 10.7. The first kappa shape index (κ1) is 28.2. The molecule has 0 saturated carbocycles. The second kappa shape index (κ2) is 14.3. The summed E-state index contributed by atoms with van der Waals surface area (Å²) in [6.45, 7) is 0. The summed E-state index contributed by atoms with van der Waals surface area (Å²) < 4.78 is 13.8. The van der Waals surface area contributed by atoms with E-state index in [1.807, 2.05) is 91.0 Å². The SMILES string of the molecule is O=P(c1ccccc1)(c1ccccc1)c1ccccc1.[Cl][Al]([Cl])[Cl].[Cl][Ti]([Cl])([Cl])[Cl]. The Balaban J connectivity index is 0.000000396. The van der Waals surface area contributed by atoms with E-state index in [2.05, 4.69) is 0 Å². The van der Waals surface area contributed by atoms with Gasteiger partial charge in [0.1, 0.15) is 0 Å². The summed E-state index contributed by atoms with van der Waals surface area (Å²) in [7, 11) is 32.1. The molecule has 0 saturated heterocycles. The third-order valence-corrected chi connectivity index (χ3v) is 6.44. The van der Waals surface area contributed by atoms with Gasteiger partial charge in [0.15, 0.2) is 7.14 Å². The molecular formula is C18H15AlCl7OPTi. The van der Waals surface area contributed by atoms with Gasteiger partial charge in [-0.3, -0.25) is 0 Å². The summed E-state index contributed by atoms with van der Waals surface area (Å²) in [4.78, 5) is 0. The van der Waals surface area contributed by atoms with E-state index in [9.17, 15) is 4.57 Å². The minimum absolute atomic E-state index is 0.873. The van der Waals surface area contributed by atoms with Crippen molar-refractivity contribution in [1.29, 1.82) is 0 Å². The van der Waals surface area contributed by atoms with E-state index >= 15 is 0 Å². The Morgan fingerprint density at radius 1 is 0.552 bits per heavy atom. The number of rotatable bonds is 3. The molecule has 3 rings (SSSR count). The van der Waals surface area contributed by atoms with Crippen LogP contribution in [-0.4, -0.2) is 11.4 Å². The van der Waals surface area contributed by atoms with Crippen LogP contribution in [-0.2, 0) is 16.9 Å². The van der Waals surface area contributed by atoms with Crippen molar-refractivity contribution in [3.63, 3.8) is 0 Å². The molecule has 3 aromatic carbocycles. The maximum atomic E-state index is 13.8. The Morgan fingerprint density at radius 2 is 0.724 bits per heavy atom. The van der Waals surface area contributed by atoms with Crippen LogP contribution in [0.3, 0.4) is 0 Å². The van der Waals surface area contributed by atoms with Crippen LogP contribution in [0.5, 0.6) is 0 Å². The fourth-order valence-corrected chi connectivity index (χ4v) is 5.03. The van der Waals surface area contributed by atoms with E-state index in [1.54, 1.807) is 0 Å². The summed E-state index contributed by atoms with van der Waals surface area (Å²) in [5.74, 6) is 0. The van der Waals surface area contributed by atoms with E-state index < -0.39 is 30.9 Å². The van der Waals surface area contributed by atoms with Crippen LogP contribution in [0.2, 0.25) is 0 Å². The third kappa shape index (κ3) is 11.6. The second-order valence-electron chi connectivity index (χ2n) is 5.29. The Labute approximate surface area is 207 Å². The zero-order chi connectivity index (χ0) is 21.9. The quantitative estimate of drug-likeness (QED) is 0.222. The van der Waals surface area contributed by atoms with Crippen molar-refractivity contribution in [2.24, 2.45) is 0 Å². The van der Waals surface area contributed by atoms with Crippen LogP contribution >= 0.6 is 74.5 Å². The summed E-state index contributed by atoms with van der Waals surface area (Å²) in [5.41, 5.74) is 0.